The minimum absolute atomic E-state index is 0.760. The van der Waals surface area contributed by atoms with Crippen LogP contribution in [0.15, 0.2) is 84.2 Å². The van der Waals surface area contributed by atoms with Crippen molar-refractivity contribution in [3.05, 3.63) is 101 Å². The van der Waals surface area contributed by atoms with E-state index in [9.17, 15) is 0 Å². The van der Waals surface area contributed by atoms with Crippen molar-refractivity contribution in [3.8, 4) is 17.0 Å². The molecule has 32 heavy (non-hydrogen) atoms. The summed E-state index contributed by atoms with van der Waals surface area (Å²) in [7, 11) is 1.71. The molecule has 0 radical (unpaired) electrons. The number of rotatable bonds is 7. The monoisotopic (exact) mass is 439 g/mol. The largest absolute Gasteiger partial charge is 0.497 e. The Bertz CT molecular complexity index is 1340. The van der Waals surface area contributed by atoms with Gasteiger partial charge in [-0.2, -0.15) is 0 Å². The van der Waals surface area contributed by atoms with Gasteiger partial charge in [0.25, 0.3) is 0 Å². The predicted octanol–water partition coefficient (Wildman–Crippen LogP) is 6.74. The molecule has 0 saturated heterocycles. The maximum absolute atomic E-state index is 5.53. The summed E-state index contributed by atoms with van der Waals surface area (Å²) in [5.74, 6) is 0.855. The molecule has 0 unspecified atom stereocenters. The molecular formula is C27H25N3OS. The summed E-state index contributed by atoms with van der Waals surface area (Å²) < 4.78 is 7.90. The van der Waals surface area contributed by atoms with E-state index < -0.39 is 0 Å². The minimum Gasteiger partial charge on any atom is -0.497 e. The van der Waals surface area contributed by atoms with E-state index in [4.69, 9.17) is 9.72 Å². The normalized spacial score (nSPS) is 11.1. The molecule has 0 aliphatic carbocycles. The van der Waals surface area contributed by atoms with Gasteiger partial charge in [0.05, 0.1) is 12.8 Å². The predicted molar refractivity (Wildman–Crippen MR) is 134 cm³/mol. The molecule has 3 aromatic carbocycles. The summed E-state index contributed by atoms with van der Waals surface area (Å²) >= 11 is 1.64. The molecule has 0 aliphatic heterocycles. The van der Waals surface area contributed by atoms with Crippen LogP contribution in [0.1, 0.15) is 16.8 Å². The van der Waals surface area contributed by atoms with Gasteiger partial charge < -0.3 is 14.6 Å². The van der Waals surface area contributed by atoms with Crippen molar-refractivity contribution >= 4 is 27.4 Å². The number of nitrogens with one attached hydrogen (secondary N) is 1. The molecule has 0 aliphatic rings. The SMILES string of the molecule is COc1ccc2c(c1)c(-c1csc(NCc3ccccc3)n1)c(C)n2Cc1ccccc1. The lowest BCUT2D eigenvalue weighted by Gasteiger charge is -2.09. The molecule has 4 nitrogen and oxygen atoms in total. The van der Waals surface area contributed by atoms with Gasteiger partial charge in [0.1, 0.15) is 5.75 Å². The Balaban J connectivity index is 1.53. The number of thiazole rings is 1. The summed E-state index contributed by atoms with van der Waals surface area (Å²) in [4.78, 5) is 4.94. The van der Waals surface area contributed by atoms with Crippen LogP contribution in [-0.2, 0) is 13.1 Å². The van der Waals surface area contributed by atoms with E-state index in [-0.39, 0.29) is 0 Å². The molecule has 2 aromatic heterocycles. The highest BCUT2D eigenvalue weighted by Gasteiger charge is 2.19. The van der Waals surface area contributed by atoms with E-state index in [0.29, 0.717) is 0 Å². The fourth-order valence-corrected chi connectivity index (χ4v) is 4.83. The second-order valence-electron chi connectivity index (χ2n) is 7.79. The fraction of sp³-hybridized carbons (Fsp3) is 0.148. The highest BCUT2D eigenvalue weighted by atomic mass is 32.1. The molecule has 0 amide bonds. The maximum atomic E-state index is 5.53. The van der Waals surface area contributed by atoms with Gasteiger partial charge in [0.2, 0.25) is 0 Å². The lowest BCUT2D eigenvalue weighted by molar-refractivity contribution is 0.415. The van der Waals surface area contributed by atoms with Crippen molar-refractivity contribution in [2.45, 2.75) is 20.0 Å². The third kappa shape index (κ3) is 3.99. The number of aromatic nitrogens is 2. The van der Waals surface area contributed by atoms with Crippen molar-refractivity contribution in [1.82, 2.24) is 9.55 Å². The van der Waals surface area contributed by atoms with Crippen LogP contribution in [0.3, 0.4) is 0 Å². The number of benzene rings is 3. The van der Waals surface area contributed by atoms with Crippen molar-refractivity contribution in [2.75, 3.05) is 12.4 Å². The van der Waals surface area contributed by atoms with Gasteiger partial charge in [-0.1, -0.05) is 60.7 Å². The van der Waals surface area contributed by atoms with E-state index in [2.05, 4.69) is 88.9 Å². The van der Waals surface area contributed by atoms with Gasteiger partial charge in [-0.15, -0.1) is 11.3 Å². The van der Waals surface area contributed by atoms with E-state index in [1.807, 2.05) is 12.1 Å². The molecule has 1 N–H and O–H groups in total. The van der Waals surface area contributed by atoms with Crippen LogP contribution in [0.2, 0.25) is 0 Å². The molecule has 0 bridgehead atoms. The smallest absolute Gasteiger partial charge is 0.183 e. The van der Waals surface area contributed by atoms with Gasteiger partial charge in [0.15, 0.2) is 5.13 Å². The molecule has 5 rings (SSSR count). The first kappa shape index (κ1) is 20.3. The Morgan fingerprint density at radius 1 is 0.938 bits per heavy atom. The highest BCUT2D eigenvalue weighted by Crippen LogP contribution is 2.38. The maximum Gasteiger partial charge on any atom is 0.183 e. The van der Waals surface area contributed by atoms with Crippen LogP contribution in [0, 0.1) is 6.92 Å². The van der Waals surface area contributed by atoms with Crippen LogP contribution in [0.25, 0.3) is 22.2 Å². The van der Waals surface area contributed by atoms with E-state index in [0.717, 1.165) is 35.1 Å². The Kier molecular flexibility index (Phi) is 5.65. The quantitative estimate of drug-likeness (QED) is 0.305. The molecule has 5 heteroatoms. The second-order valence-corrected chi connectivity index (χ2v) is 8.65. The van der Waals surface area contributed by atoms with Gasteiger partial charge in [0, 0.05) is 40.6 Å². The van der Waals surface area contributed by atoms with E-state index in [1.165, 1.54) is 27.9 Å². The third-order valence-corrected chi connectivity index (χ3v) is 6.56. The molecule has 0 saturated carbocycles. The fourth-order valence-electron chi connectivity index (χ4n) is 4.12. The number of hydrogen-bond donors (Lipinski definition) is 1. The molecule has 0 spiro atoms. The van der Waals surface area contributed by atoms with Crippen LogP contribution in [-0.4, -0.2) is 16.7 Å². The highest BCUT2D eigenvalue weighted by molar-refractivity contribution is 7.14. The molecule has 2 heterocycles. The van der Waals surface area contributed by atoms with Crippen molar-refractivity contribution in [2.24, 2.45) is 0 Å². The summed E-state index contributed by atoms with van der Waals surface area (Å²) in [5, 5.41) is 7.69. The van der Waals surface area contributed by atoms with Gasteiger partial charge in [-0.3, -0.25) is 0 Å². The Labute approximate surface area is 192 Å². The number of anilines is 1. The summed E-state index contributed by atoms with van der Waals surface area (Å²) in [6, 6.07) is 27.3. The van der Waals surface area contributed by atoms with Gasteiger partial charge in [-0.05, 0) is 36.2 Å². The zero-order valence-electron chi connectivity index (χ0n) is 18.2. The molecular weight excluding hydrogens is 414 g/mol. The summed E-state index contributed by atoms with van der Waals surface area (Å²) in [6.45, 7) is 3.76. The minimum atomic E-state index is 0.760. The topological polar surface area (TPSA) is 39.1 Å². The third-order valence-electron chi connectivity index (χ3n) is 5.76. The number of ether oxygens (including phenoxy) is 1. The Hall–Kier alpha value is -3.57. The zero-order chi connectivity index (χ0) is 21.9. The van der Waals surface area contributed by atoms with Crippen molar-refractivity contribution < 1.29 is 4.74 Å². The van der Waals surface area contributed by atoms with E-state index in [1.54, 1.807) is 18.4 Å². The standard InChI is InChI=1S/C27H25N3OS/c1-19-26(24-18-32-27(29-24)28-16-20-9-5-3-6-10-20)23-15-22(31-2)13-14-25(23)30(19)17-21-11-7-4-8-12-21/h3-15,18H,16-17H2,1-2H3,(H,28,29). The van der Waals surface area contributed by atoms with E-state index >= 15 is 0 Å². The number of methoxy groups -OCH3 is 1. The Morgan fingerprint density at radius 3 is 2.38 bits per heavy atom. The van der Waals surface area contributed by atoms with Crippen LogP contribution in [0.5, 0.6) is 5.75 Å². The van der Waals surface area contributed by atoms with Gasteiger partial charge in [-0.25, -0.2) is 4.98 Å². The van der Waals surface area contributed by atoms with Crippen molar-refractivity contribution in [3.63, 3.8) is 0 Å². The molecule has 160 valence electrons. The number of hydrogen-bond acceptors (Lipinski definition) is 4. The van der Waals surface area contributed by atoms with Crippen LogP contribution in [0.4, 0.5) is 5.13 Å². The Morgan fingerprint density at radius 2 is 1.66 bits per heavy atom. The number of nitrogens with zero attached hydrogens (tertiary/aromatic N) is 2. The van der Waals surface area contributed by atoms with Crippen LogP contribution >= 0.6 is 11.3 Å². The molecule has 0 fully saturated rings. The first-order chi connectivity index (χ1) is 15.7. The molecule has 0 atom stereocenters. The summed E-state index contributed by atoms with van der Waals surface area (Å²) in [5.41, 5.74) is 7.07. The summed E-state index contributed by atoms with van der Waals surface area (Å²) in [6.07, 6.45) is 0. The average molecular weight is 440 g/mol. The average Bonchev–Trinajstić information content (AvgIpc) is 3.41. The van der Waals surface area contributed by atoms with Gasteiger partial charge >= 0.3 is 0 Å². The van der Waals surface area contributed by atoms with Crippen molar-refractivity contribution in [1.29, 1.82) is 0 Å². The second kappa shape index (κ2) is 8.89. The lowest BCUT2D eigenvalue weighted by atomic mass is 10.1. The lowest BCUT2D eigenvalue weighted by Crippen LogP contribution is -2.01. The molecule has 5 aromatic rings. The van der Waals surface area contributed by atoms with Crippen LogP contribution < -0.4 is 10.1 Å². The number of fused-ring (bicyclic) bond motifs is 1. The zero-order valence-corrected chi connectivity index (χ0v) is 19.0. The first-order valence-electron chi connectivity index (χ1n) is 10.7. The first-order valence-corrected chi connectivity index (χ1v) is 11.6.